The van der Waals surface area contributed by atoms with Crippen LogP contribution in [0.25, 0.3) is 0 Å². The van der Waals surface area contributed by atoms with E-state index in [0.717, 1.165) is 30.7 Å². The number of ether oxygens (including phenoxy) is 1. The topological polar surface area (TPSA) is 50.4 Å². The third kappa shape index (κ3) is 4.32. The highest BCUT2D eigenvalue weighted by Crippen LogP contribution is 2.29. The van der Waals surface area contributed by atoms with E-state index in [9.17, 15) is 4.79 Å². The molecule has 0 radical (unpaired) electrons. The lowest BCUT2D eigenvalue weighted by molar-refractivity contribution is -0.122. The Morgan fingerprint density at radius 1 is 1.20 bits per heavy atom. The molecular formula is C21H26N2O2. The number of carbonyl (C=O) groups excluding carboxylic acids is 1. The van der Waals surface area contributed by atoms with E-state index in [1.54, 1.807) is 0 Å². The van der Waals surface area contributed by atoms with Crippen molar-refractivity contribution in [3.8, 4) is 5.75 Å². The number of anilines is 1. The Morgan fingerprint density at radius 3 is 2.72 bits per heavy atom. The third-order valence-corrected chi connectivity index (χ3v) is 4.63. The van der Waals surface area contributed by atoms with Gasteiger partial charge in [0.2, 0.25) is 5.91 Å². The number of hydrogen-bond donors (Lipinski definition) is 2. The molecule has 0 aromatic heterocycles. The van der Waals surface area contributed by atoms with Crippen LogP contribution in [0.5, 0.6) is 5.75 Å². The minimum atomic E-state index is -0.299. The summed E-state index contributed by atoms with van der Waals surface area (Å²) in [5.41, 5.74) is 3.52. The van der Waals surface area contributed by atoms with E-state index in [-0.39, 0.29) is 18.0 Å². The molecule has 4 heteroatoms. The summed E-state index contributed by atoms with van der Waals surface area (Å²) in [6.07, 6.45) is 3.21. The number of amides is 1. The molecule has 1 aliphatic carbocycles. The molecule has 25 heavy (non-hydrogen) atoms. The number of carbonyl (C=O) groups is 1. The highest BCUT2D eigenvalue weighted by atomic mass is 16.5. The van der Waals surface area contributed by atoms with Gasteiger partial charge in [-0.1, -0.05) is 24.3 Å². The zero-order valence-electron chi connectivity index (χ0n) is 14.9. The number of rotatable bonds is 6. The summed E-state index contributed by atoms with van der Waals surface area (Å²) in [5, 5.41) is 6.46. The van der Waals surface area contributed by atoms with Gasteiger partial charge >= 0.3 is 0 Å². The van der Waals surface area contributed by atoms with Gasteiger partial charge in [0.15, 0.2) is 0 Å². The quantitative estimate of drug-likeness (QED) is 0.834. The molecule has 132 valence electrons. The molecular weight excluding hydrogens is 312 g/mol. The largest absolute Gasteiger partial charge is 0.494 e. The Balaban J connectivity index is 1.60. The zero-order valence-corrected chi connectivity index (χ0v) is 14.9. The molecule has 2 aromatic rings. The Bertz CT molecular complexity index is 712. The van der Waals surface area contributed by atoms with Gasteiger partial charge in [0.1, 0.15) is 11.8 Å². The monoisotopic (exact) mass is 338 g/mol. The summed E-state index contributed by atoms with van der Waals surface area (Å²) < 4.78 is 5.44. The van der Waals surface area contributed by atoms with Crippen LogP contribution in [-0.4, -0.2) is 18.6 Å². The van der Waals surface area contributed by atoms with Crippen molar-refractivity contribution in [1.82, 2.24) is 5.32 Å². The van der Waals surface area contributed by atoms with Crippen LogP contribution in [0.1, 0.15) is 43.9 Å². The van der Waals surface area contributed by atoms with Gasteiger partial charge in [-0.05, 0) is 68.5 Å². The summed E-state index contributed by atoms with van der Waals surface area (Å²) in [6, 6.07) is 15.9. The Labute approximate surface area is 149 Å². The van der Waals surface area contributed by atoms with Crippen LogP contribution in [0, 0.1) is 0 Å². The van der Waals surface area contributed by atoms with Gasteiger partial charge in [0.25, 0.3) is 0 Å². The summed E-state index contributed by atoms with van der Waals surface area (Å²) >= 11 is 0. The molecule has 0 aliphatic heterocycles. The molecule has 4 nitrogen and oxygen atoms in total. The van der Waals surface area contributed by atoms with Crippen LogP contribution in [-0.2, 0) is 11.2 Å². The van der Waals surface area contributed by atoms with Gasteiger partial charge in [-0.3, -0.25) is 4.79 Å². The second-order valence-electron chi connectivity index (χ2n) is 6.48. The van der Waals surface area contributed by atoms with E-state index >= 15 is 0 Å². The maximum Gasteiger partial charge on any atom is 0.242 e. The van der Waals surface area contributed by atoms with Gasteiger partial charge < -0.3 is 15.4 Å². The molecule has 2 aromatic carbocycles. The van der Waals surface area contributed by atoms with Crippen LogP contribution >= 0.6 is 0 Å². The predicted molar refractivity (Wildman–Crippen MR) is 101 cm³/mol. The molecule has 0 saturated carbocycles. The van der Waals surface area contributed by atoms with Crippen molar-refractivity contribution in [2.75, 3.05) is 11.9 Å². The van der Waals surface area contributed by atoms with Crippen LogP contribution in [0.2, 0.25) is 0 Å². The number of nitrogens with one attached hydrogen (secondary N) is 2. The summed E-state index contributed by atoms with van der Waals surface area (Å²) in [6.45, 7) is 4.50. The molecule has 0 spiro atoms. The summed E-state index contributed by atoms with van der Waals surface area (Å²) in [4.78, 5) is 12.6. The fourth-order valence-corrected chi connectivity index (χ4v) is 3.33. The maximum atomic E-state index is 12.6. The van der Waals surface area contributed by atoms with Crippen molar-refractivity contribution in [2.45, 2.75) is 45.2 Å². The Hall–Kier alpha value is -2.49. The van der Waals surface area contributed by atoms with Gasteiger partial charge in [-0.25, -0.2) is 0 Å². The molecule has 3 rings (SSSR count). The molecule has 1 aliphatic rings. The van der Waals surface area contributed by atoms with E-state index in [2.05, 4.69) is 28.8 Å². The lowest BCUT2D eigenvalue weighted by Crippen LogP contribution is -2.40. The average Bonchev–Trinajstić information content (AvgIpc) is 2.64. The van der Waals surface area contributed by atoms with Gasteiger partial charge in [0.05, 0.1) is 12.6 Å². The fourth-order valence-electron chi connectivity index (χ4n) is 3.33. The molecule has 2 unspecified atom stereocenters. The lowest BCUT2D eigenvalue weighted by Gasteiger charge is -2.27. The first-order chi connectivity index (χ1) is 12.2. The van der Waals surface area contributed by atoms with E-state index < -0.39 is 0 Å². The SMILES string of the molecule is CCOc1ccc(NC(C)C(=O)NC2CCCc3ccccc32)cc1. The van der Waals surface area contributed by atoms with E-state index in [1.165, 1.54) is 11.1 Å². The molecule has 0 heterocycles. The fraction of sp³-hybridized carbons (Fsp3) is 0.381. The number of hydrogen-bond acceptors (Lipinski definition) is 3. The number of aryl methyl sites for hydroxylation is 1. The average molecular weight is 338 g/mol. The molecule has 2 atom stereocenters. The van der Waals surface area contributed by atoms with Crippen molar-refractivity contribution in [3.63, 3.8) is 0 Å². The first kappa shape index (κ1) is 17.3. The maximum absolute atomic E-state index is 12.6. The number of benzene rings is 2. The number of fused-ring (bicyclic) bond motifs is 1. The smallest absolute Gasteiger partial charge is 0.242 e. The van der Waals surface area contributed by atoms with Crippen LogP contribution in [0.15, 0.2) is 48.5 Å². The van der Waals surface area contributed by atoms with Crippen molar-refractivity contribution in [2.24, 2.45) is 0 Å². The second kappa shape index (κ2) is 8.06. The highest BCUT2D eigenvalue weighted by molar-refractivity contribution is 5.84. The molecule has 2 N–H and O–H groups in total. The summed E-state index contributed by atoms with van der Waals surface area (Å²) in [7, 11) is 0. The molecule has 0 fully saturated rings. The molecule has 1 amide bonds. The zero-order chi connectivity index (χ0) is 17.6. The first-order valence-electron chi connectivity index (χ1n) is 9.05. The van der Waals surface area contributed by atoms with Gasteiger partial charge in [-0.2, -0.15) is 0 Å². The van der Waals surface area contributed by atoms with Gasteiger partial charge in [-0.15, -0.1) is 0 Å². The lowest BCUT2D eigenvalue weighted by atomic mass is 9.87. The van der Waals surface area contributed by atoms with Crippen LogP contribution in [0.4, 0.5) is 5.69 Å². The van der Waals surface area contributed by atoms with E-state index in [0.29, 0.717) is 6.61 Å². The molecule has 0 saturated heterocycles. The standard InChI is InChI=1S/C21H26N2O2/c1-3-25-18-13-11-17(12-14-18)22-15(2)21(24)23-20-10-6-8-16-7-4-5-9-19(16)20/h4-5,7,9,11-15,20,22H,3,6,8,10H2,1-2H3,(H,23,24). The normalized spacial score (nSPS) is 17.3. The minimum absolute atomic E-state index is 0.0237. The second-order valence-corrected chi connectivity index (χ2v) is 6.48. The van der Waals surface area contributed by atoms with Crippen molar-refractivity contribution in [3.05, 3.63) is 59.7 Å². The van der Waals surface area contributed by atoms with Crippen molar-refractivity contribution in [1.29, 1.82) is 0 Å². The van der Waals surface area contributed by atoms with Crippen LogP contribution < -0.4 is 15.4 Å². The van der Waals surface area contributed by atoms with E-state index in [1.807, 2.05) is 44.2 Å². The van der Waals surface area contributed by atoms with Gasteiger partial charge in [0, 0.05) is 5.69 Å². The predicted octanol–water partition coefficient (Wildman–Crippen LogP) is 4.08. The highest BCUT2D eigenvalue weighted by Gasteiger charge is 2.23. The van der Waals surface area contributed by atoms with Crippen molar-refractivity contribution < 1.29 is 9.53 Å². The Kier molecular flexibility index (Phi) is 5.59. The van der Waals surface area contributed by atoms with Crippen molar-refractivity contribution >= 4 is 11.6 Å². The van der Waals surface area contributed by atoms with E-state index in [4.69, 9.17) is 4.74 Å². The van der Waals surface area contributed by atoms with Crippen LogP contribution in [0.3, 0.4) is 0 Å². The molecule has 0 bridgehead atoms. The first-order valence-corrected chi connectivity index (χ1v) is 9.05. The Morgan fingerprint density at radius 2 is 1.96 bits per heavy atom. The summed E-state index contributed by atoms with van der Waals surface area (Å²) in [5.74, 6) is 0.861. The third-order valence-electron chi connectivity index (χ3n) is 4.63. The minimum Gasteiger partial charge on any atom is -0.494 e.